The zero-order chi connectivity index (χ0) is 45.7. The molecule has 13 rings (SSSR count). The van der Waals surface area contributed by atoms with E-state index in [1.165, 1.54) is 49.6 Å². The van der Waals surface area contributed by atoms with Crippen LogP contribution in [0.3, 0.4) is 0 Å². The number of anilines is 3. The molecule has 0 fully saturated rings. The lowest BCUT2D eigenvalue weighted by Crippen LogP contribution is -2.09. The van der Waals surface area contributed by atoms with Crippen LogP contribution >= 0.6 is 0 Å². The number of nitrogens with zero attached hydrogens (tertiary/aromatic N) is 2. The predicted molar refractivity (Wildman–Crippen MR) is 290 cm³/mol. The zero-order valence-corrected chi connectivity index (χ0v) is 37.7. The van der Waals surface area contributed by atoms with Gasteiger partial charge in [0.1, 0.15) is 11.2 Å². The maximum Gasteiger partial charge on any atom is 0.143 e. The predicted octanol–water partition coefficient (Wildman–Crippen LogP) is 18.5. The highest BCUT2D eigenvalue weighted by molar-refractivity contribution is 6.11. The molecule has 11 aromatic carbocycles. The third-order valence-electron chi connectivity index (χ3n) is 13.6. The summed E-state index contributed by atoms with van der Waals surface area (Å²) in [7, 11) is 0. The molecule has 0 aliphatic rings. The Morgan fingerprint density at radius 3 is 1.36 bits per heavy atom. The molecule has 0 atom stereocenters. The number of hydrogen-bond donors (Lipinski definition) is 0. The van der Waals surface area contributed by atoms with Crippen molar-refractivity contribution in [1.29, 1.82) is 0 Å². The average Bonchev–Trinajstić information content (AvgIpc) is 3.98. The van der Waals surface area contributed by atoms with Crippen LogP contribution in [0.1, 0.15) is 0 Å². The van der Waals surface area contributed by atoms with Crippen molar-refractivity contribution in [2.24, 2.45) is 0 Å². The van der Waals surface area contributed by atoms with Crippen LogP contribution in [0.5, 0.6) is 0 Å². The quantitative estimate of drug-likeness (QED) is 0.144. The number of furan rings is 1. The summed E-state index contributed by atoms with van der Waals surface area (Å²) in [6, 6.07) is 96.0. The first kappa shape index (κ1) is 40.1. The van der Waals surface area contributed by atoms with Crippen LogP contribution < -0.4 is 4.90 Å². The number of para-hydroxylation sites is 4. The number of benzene rings is 11. The van der Waals surface area contributed by atoms with Gasteiger partial charge in [-0.3, -0.25) is 0 Å². The molecule has 2 aromatic heterocycles. The molecule has 0 spiro atoms. The summed E-state index contributed by atoms with van der Waals surface area (Å²) in [4.78, 5) is 2.34. The van der Waals surface area contributed by atoms with Crippen LogP contribution in [0.4, 0.5) is 17.1 Å². The van der Waals surface area contributed by atoms with Crippen LogP contribution in [-0.2, 0) is 0 Å². The minimum absolute atomic E-state index is 0.907. The van der Waals surface area contributed by atoms with Gasteiger partial charge in [0.2, 0.25) is 0 Å². The Bertz CT molecular complexity index is 3960. The summed E-state index contributed by atoms with van der Waals surface area (Å²) in [6.07, 6.45) is 0. The van der Waals surface area contributed by atoms with Gasteiger partial charge in [0.25, 0.3) is 0 Å². The summed E-state index contributed by atoms with van der Waals surface area (Å²) in [5.41, 5.74) is 20.3. The lowest BCUT2D eigenvalue weighted by Gasteiger charge is -2.26. The molecule has 0 bridgehead atoms. The highest BCUT2D eigenvalue weighted by Gasteiger charge is 2.17. The average molecular weight is 881 g/mol. The van der Waals surface area contributed by atoms with Crippen LogP contribution in [0.15, 0.2) is 271 Å². The molecule has 13 aromatic rings. The minimum atomic E-state index is 0.907. The smallest absolute Gasteiger partial charge is 0.143 e. The Morgan fingerprint density at radius 2 is 0.710 bits per heavy atom. The summed E-state index contributed by atoms with van der Waals surface area (Å²) >= 11 is 0. The van der Waals surface area contributed by atoms with Gasteiger partial charge in [-0.15, -0.1) is 0 Å². The van der Waals surface area contributed by atoms with Crippen LogP contribution in [0, 0.1) is 0 Å². The third-order valence-corrected chi connectivity index (χ3v) is 13.6. The monoisotopic (exact) mass is 880 g/mol. The molecular formula is C66H44N2O. The van der Waals surface area contributed by atoms with E-state index in [1.54, 1.807) is 0 Å². The van der Waals surface area contributed by atoms with E-state index in [9.17, 15) is 0 Å². The summed E-state index contributed by atoms with van der Waals surface area (Å²) in [5, 5.41) is 4.79. The number of fused-ring (bicyclic) bond motifs is 6. The molecule has 2 heterocycles. The van der Waals surface area contributed by atoms with Crippen molar-refractivity contribution in [2.45, 2.75) is 0 Å². The molecule has 0 aliphatic heterocycles. The maximum absolute atomic E-state index is 6.42. The SMILES string of the molecule is c1ccc(-c2ccc(N(c3ccc(-c4ccc(-c5ccc6c7ccccc7n(-c7ccccc7)c6c5)cc4)cc3)c3ccc(-c4cccc(-c5cccc6c5oc5ccccc56)c4)cc3)cc2)cc1. The minimum Gasteiger partial charge on any atom is -0.455 e. The molecule has 3 heteroatoms. The van der Waals surface area contributed by atoms with Gasteiger partial charge < -0.3 is 13.9 Å². The molecule has 3 nitrogen and oxygen atoms in total. The fourth-order valence-corrected chi connectivity index (χ4v) is 10.2. The Kier molecular flexibility index (Phi) is 9.84. The van der Waals surface area contributed by atoms with Gasteiger partial charge in [-0.05, 0) is 123 Å². The molecule has 0 aliphatic carbocycles. The topological polar surface area (TPSA) is 21.3 Å². The highest BCUT2D eigenvalue weighted by Crippen LogP contribution is 2.41. The Morgan fingerprint density at radius 1 is 0.275 bits per heavy atom. The first-order valence-electron chi connectivity index (χ1n) is 23.6. The van der Waals surface area contributed by atoms with Gasteiger partial charge in [-0.25, -0.2) is 0 Å². The molecule has 324 valence electrons. The van der Waals surface area contributed by atoms with Gasteiger partial charge in [0.05, 0.1) is 11.0 Å². The van der Waals surface area contributed by atoms with Crippen molar-refractivity contribution in [3.05, 3.63) is 267 Å². The normalized spacial score (nSPS) is 11.5. The van der Waals surface area contributed by atoms with Crippen molar-refractivity contribution in [1.82, 2.24) is 4.57 Å². The van der Waals surface area contributed by atoms with E-state index >= 15 is 0 Å². The van der Waals surface area contributed by atoms with Crippen molar-refractivity contribution in [3.63, 3.8) is 0 Å². The summed E-state index contributed by atoms with van der Waals surface area (Å²) in [6.45, 7) is 0. The lowest BCUT2D eigenvalue weighted by atomic mass is 9.97. The third kappa shape index (κ3) is 7.25. The van der Waals surface area contributed by atoms with Crippen molar-refractivity contribution in [2.75, 3.05) is 4.90 Å². The van der Waals surface area contributed by atoms with E-state index in [0.29, 0.717) is 0 Å². The van der Waals surface area contributed by atoms with E-state index < -0.39 is 0 Å². The number of hydrogen-bond acceptors (Lipinski definition) is 2. The van der Waals surface area contributed by atoms with Gasteiger partial charge >= 0.3 is 0 Å². The molecule has 0 N–H and O–H groups in total. The Balaban J connectivity index is 0.815. The second kappa shape index (κ2) is 16.9. The first-order chi connectivity index (χ1) is 34.2. The molecule has 0 saturated heterocycles. The molecular weight excluding hydrogens is 837 g/mol. The number of rotatable bonds is 9. The molecule has 0 unspecified atom stereocenters. The van der Waals surface area contributed by atoms with Crippen molar-refractivity contribution >= 4 is 60.8 Å². The second-order valence-electron chi connectivity index (χ2n) is 17.7. The van der Waals surface area contributed by atoms with Gasteiger partial charge in [-0.1, -0.05) is 194 Å². The molecule has 0 saturated carbocycles. The van der Waals surface area contributed by atoms with Crippen molar-refractivity contribution in [3.8, 4) is 61.3 Å². The van der Waals surface area contributed by atoms with Crippen molar-refractivity contribution < 1.29 is 4.42 Å². The number of aromatic nitrogens is 1. The standard InChI is InChI=1S/C66H44N2O/c1-3-13-45(14-4-1)47-29-36-55(37-30-47)67(57-40-33-50(34-41-57)51-15-11-16-53(43-51)58-21-12-22-62-61-20-8-10-24-65(61)69-66(58)62)56-38-31-48(32-39-56)46-25-27-49(28-26-46)52-35-42-60-59-19-7-9-23-63(59)68(64(60)44-52)54-17-5-2-6-18-54/h1-44H. The van der Waals surface area contributed by atoms with E-state index in [1.807, 2.05) is 12.1 Å². The van der Waals surface area contributed by atoms with Crippen LogP contribution in [0.2, 0.25) is 0 Å². The van der Waals surface area contributed by atoms with Gasteiger partial charge in [-0.2, -0.15) is 0 Å². The zero-order valence-electron chi connectivity index (χ0n) is 37.7. The maximum atomic E-state index is 6.42. The first-order valence-corrected chi connectivity index (χ1v) is 23.6. The van der Waals surface area contributed by atoms with Crippen LogP contribution in [0.25, 0.3) is 105 Å². The summed E-state index contributed by atoms with van der Waals surface area (Å²) in [5.74, 6) is 0. The van der Waals surface area contributed by atoms with Gasteiger partial charge in [0.15, 0.2) is 0 Å². The van der Waals surface area contributed by atoms with E-state index in [-0.39, 0.29) is 0 Å². The fraction of sp³-hybridized carbons (Fsp3) is 0. The van der Waals surface area contributed by atoms with E-state index in [4.69, 9.17) is 4.42 Å². The van der Waals surface area contributed by atoms with E-state index in [0.717, 1.165) is 72.5 Å². The second-order valence-corrected chi connectivity index (χ2v) is 17.7. The lowest BCUT2D eigenvalue weighted by molar-refractivity contribution is 0.670. The molecule has 0 radical (unpaired) electrons. The van der Waals surface area contributed by atoms with Crippen LogP contribution in [-0.4, -0.2) is 4.57 Å². The summed E-state index contributed by atoms with van der Waals surface area (Å²) < 4.78 is 8.80. The largest absolute Gasteiger partial charge is 0.455 e. The molecule has 69 heavy (non-hydrogen) atoms. The molecule has 0 amide bonds. The van der Waals surface area contributed by atoms with Gasteiger partial charge in [0, 0.05) is 49.9 Å². The Labute approximate surface area is 401 Å². The fourth-order valence-electron chi connectivity index (χ4n) is 10.2. The highest BCUT2D eigenvalue weighted by atomic mass is 16.3. The Hall–Kier alpha value is -9.18. The van der Waals surface area contributed by atoms with E-state index in [2.05, 4.69) is 264 Å².